The molecule has 100 valence electrons. The molecule has 0 saturated carbocycles. The molecule has 0 fully saturated rings. The number of likely N-dealkylation sites (N-methyl/N-ethyl adjacent to an activating group) is 1. The molecule has 0 radical (unpaired) electrons. The molecule has 0 saturated heterocycles. The van der Waals surface area contributed by atoms with Crippen LogP contribution in [0.2, 0.25) is 0 Å². The Hall–Kier alpha value is -2.06. The largest absolute Gasteiger partial charge is 0.360 e. The van der Waals surface area contributed by atoms with E-state index in [1.165, 1.54) is 0 Å². The zero-order valence-corrected chi connectivity index (χ0v) is 11.3. The summed E-state index contributed by atoms with van der Waals surface area (Å²) < 4.78 is 0. The standard InChI is InChI=1S/C14H18N4O/c1-10(16)5-6-18-9-14(19)17(2)13-7-11(8-15)3-4-12(13)18/h3-4,7,10H,5-6,9,16H2,1-2H3. The van der Waals surface area contributed by atoms with E-state index in [0.717, 1.165) is 24.3 Å². The molecule has 1 aromatic rings. The van der Waals surface area contributed by atoms with Crippen molar-refractivity contribution in [1.29, 1.82) is 5.26 Å². The highest BCUT2D eigenvalue weighted by atomic mass is 16.2. The fourth-order valence-electron chi connectivity index (χ4n) is 2.18. The number of rotatable bonds is 3. The highest BCUT2D eigenvalue weighted by Crippen LogP contribution is 2.33. The van der Waals surface area contributed by atoms with Gasteiger partial charge in [0.15, 0.2) is 0 Å². The average Bonchev–Trinajstić information content (AvgIpc) is 2.40. The van der Waals surface area contributed by atoms with E-state index in [9.17, 15) is 4.79 Å². The first kappa shape index (κ1) is 13.4. The number of hydrogen-bond acceptors (Lipinski definition) is 4. The van der Waals surface area contributed by atoms with Gasteiger partial charge in [0.05, 0.1) is 29.6 Å². The van der Waals surface area contributed by atoms with E-state index < -0.39 is 0 Å². The Morgan fingerprint density at radius 1 is 1.47 bits per heavy atom. The average molecular weight is 258 g/mol. The van der Waals surface area contributed by atoms with Gasteiger partial charge in [-0.1, -0.05) is 0 Å². The molecule has 0 aliphatic carbocycles. The van der Waals surface area contributed by atoms with Crippen molar-refractivity contribution in [2.75, 3.05) is 29.9 Å². The quantitative estimate of drug-likeness (QED) is 0.880. The third-order valence-electron chi connectivity index (χ3n) is 3.36. The summed E-state index contributed by atoms with van der Waals surface area (Å²) in [5.74, 6) is 0.0345. The number of benzene rings is 1. The lowest BCUT2D eigenvalue weighted by atomic mass is 10.1. The van der Waals surface area contributed by atoms with Crippen molar-refractivity contribution in [3.8, 4) is 6.07 Å². The Bertz CT molecular complexity index is 533. The molecule has 0 spiro atoms. The number of nitriles is 1. The van der Waals surface area contributed by atoms with Gasteiger partial charge < -0.3 is 15.5 Å². The second-order valence-corrected chi connectivity index (χ2v) is 4.96. The summed E-state index contributed by atoms with van der Waals surface area (Å²) >= 11 is 0. The number of carbonyl (C=O) groups excluding carboxylic acids is 1. The first-order valence-electron chi connectivity index (χ1n) is 6.34. The molecule has 0 aromatic heterocycles. The van der Waals surface area contributed by atoms with E-state index in [2.05, 4.69) is 6.07 Å². The van der Waals surface area contributed by atoms with E-state index in [1.54, 1.807) is 24.1 Å². The third kappa shape index (κ3) is 2.69. The van der Waals surface area contributed by atoms with E-state index >= 15 is 0 Å². The maximum absolute atomic E-state index is 12.0. The van der Waals surface area contributed by atoms with Crippen molar-refractivity contribution < 1.29 is 4.79 Å². The number of anilines is 2. The minimum absolute atomic E-state index is 0.0345. The number of fused-ring (bicyclic) bond motifs is 1. The molecule has 1 unspecified atom stereocenters. The Balaban J connectivity index is 2.34. The van der Waals surface area contributed by atoms with Crippen molar-refractivity contribution >= 4 is 17.3 Å². The number of hydrogen-bond donors (Lipinski definition) is 1. The van der Waals surface area contributed by atoms with Crippen LogP contribution in [0.5, 0.6) is 0 Å². The monoisotopic (exact) mass is 258 g/mol. The number of amides is 1. The van der Waals surface area contributed by atoms with Crippen LogP contribution in [0.4, 0.5) is 11.4 Å². The molecule has 1 aliphatic heterocycles. The summed E-state index contributed by atoms with van der Waals surface area (Å²) in [4.78, 5) is 15.6. The highest BCUT2D eigenvalue weighted by molar-refractivity contribution is 6.03. The van der Waals surface area contributed by atoms with Crippen LogP contribution in [-0.4, -0.2) is 32.1 Å². The second-order valence-electron chi connectivity index (χ2n) is 4.96. The highest BCUT2D eigenvalue weighted by Gasteiger charge is 2.26. The summed E-state index contributed by atoms with van der Waals surface area (Å²) in [6.07, 6.45) is 0.830. The van der Waals surface area contributed by atoms with Crippen molar-refractivity contribution in [2.45, 2.75) is 19.4 Å². The molecule has 19 heavy (non-hydrogen) atoms. The van der Waals surface area contributed by atoms with Crippen LogP contribution < -0.4 is 15.5 Å². The van der Waals surface area contributed by atoms with Gasteiger partial charge in [-0.05, 0) is 31.5 Å². The van der Waals surface area contributed by atoms with E-state index in [0.29, 0.717) is 12.1 Å². The van der Waals surface area contributed by atoms with Gasteiger partial charge >= 0.3 is 0 Å². The van der Waals surface area contributed by atoms with Gasteiger partial charge in [0.25, 0.3) is 0 Å². The molecule has 1 amide bonds. The van der Waals surface area contributed by atoms with Crippen molar-refractivity contribution in [3.63, 3.8) is 0 Å². The van der Waals surface area contributed by atoms with Crippen molar-refractivity contribution in [2.24, 2.45) is 5.73 Å². The second kappa shape index (κ2) is 5.29. The van der Waals surface area contributed by atoms with Crippen LogP contribution in [0, 0.1) is 11.3 Å². The molecule has 1 heterocycles. The molecule has 5 heteroatoms. The lowest BCUT2D eigenvalue weighted by Crippen LogP contribution is -2.45. The van der Waals surface area contributed by atoms with E-state index in [1.807, 2.05) is 17.9 Å². The predicted molar refractivity (Wildman–Crippen MR) is 75.0 cm³/mol. The summed E-state index contributed by atoms with van der Waals surface area (Å²) in [5, 5.41) is 8.95. The molecule has 1 atom stereocenters. The fraction of sp³-hybridized carbons (Fsp3) is 0.429. The van der Waals surface area contributed by atoms with E-state index in [-0.39, 0.29) is 11.9 Å². The van der Waals surface area contributed by atoms with Crippen LogP contribution in [0.3, 0.4) is 0 Å². The fourth-order valence-corrected chi connectivity index (χ4v) is 2.18. The number of carbonyl (C=O) groups is 1. The molecular formula is C14H18N4O. The molecule has 2 rings (SSSR count). The SMILES string of the molecule is CC(N)CCN1CC(=O)N(C)c2cc(C#N)ccc21. The first-order valence-corrected chi connectivity index (χ1v) is 6.34. The van der Waals surface area contributed by atoms with Crippen LogP contribution in [0.25, 0.3) is 0 Å². The minimum Gasteiger partial charge on any atom is -0.360 e. The zero-order chi connectivity index (χ0) is 14.0. The Labute approximate surface area is 113 Å². The zero-order valence-electron chi connectivity index (χ0n) is 11.3. The first-order chi connectivity index (χ1) is 9.02. The molecule has 1 aromatic carbocycles. The van der Waals surface area contributed by atoms with Crippen molar-refractivity contribution in [1.82, 2.24) is 0 Å². The Kier molecular flexibility index (Phi) is 3.72. The molecule has 0 bridgehead atoms. The molecule has 2 N–H and O–H groups in total. The number of nitrogens with two attached hydrogens (primary N) is 1. The van der Waals surface area contributed by atoms with Gasteiger partial charge in [-0.25, -0.2) is 0 Å². The lowest BCUT2D eigenvalue weighted by Gasteiger charge is -2.35. The lowest BCUT2D eigenvalue weighted by molar-refractivity contribution is -0.117. The predicted octanol–water partition coefficient (Wildman–Crippen LogP) is 1.08. The van der Waals surface area contributed by atoms with Gasteiger partial charge in [0.1, 0.15) is 0 Å². The third-order valence-corrected chi connectivity index (χ3v) is 3.36. The van der Waals surface area contributed by atoms with E-state index in [4.69, 9.17) is 11.0 Å². The number of nitrogens with zero attached hydrogens (tertiary/aromatic N) is 3. The van der Waals surface area contributed by atoms with Crippen LogP contribution >= 0.6 is 0 Å². The summed E-state index contributed by atoms with van der Waals surface area (Å²) in [7, 11) is 1.74. The molecular weight excluding hydrogens is 240 g/mol. The summed E-state index contributed by atoms with van der Waals surface area (Å²) in [6.45, 7) is 3.07. The molecule has 1 aliphatic rings. The van der Waals surface area contributed by atoms with Gasteiger partial charge in [0.2, 0.25) is 5.91 Å². The Morgan fingerprint density at radius 2 is 2.21 bits per heavy atom. The van der Waals surface area contributed by atoms with Gasteiger partial charge in [-0.3, -0.25) is 4.79 Å². The van der Waals surface area contributed by atoms with Crippen LogP contribution in [0.15, 0.2) is 18.2 Å². The Morgan fingerprint density at radius 3 is 2.84 bits per heavy atom. The maximum atomic E-state index is 12.0. The topological polar surface area (TPSA) is 73.4 Å². The summed E-state index contributed by atoms with van der Waals surface area (Å²) in [5.41, 5.74) is 8.11. The smallest absolute Gasteiger partial charge is 0.246 e. The van der Waals surface area contributed by atoms with Gasteiger partial charge in [0, 0.05) is 19.6 Å². The van der Waals surface area contributed by atoms with Crippen LogP contribution in [0.1, 0.15) is 18.9 Å². The van der Waals surface area contributed by atoms with Crippen molar-refractivity contribution in [3.05, 3.63) is 23.8 Å². The normalized spacial score (nSPS) is 16.0. The van der Waals surface area contributed by atoms with Gasteiger partial charge in [-0.2, -0.15) is 5.26 Å². The van der Waals surface area contributed by atoms with Gasteiger partial charge in [-0.15, -0.1) is 0 Å². The summed E-state index contributed by atoms with van der Waals surface area (Å²) in [6, 6.07) is 7.64. The minimum atomic E-state index is 0.0345. The van der Waals surface area contributed by atoms with Crippen LogP contribution in [-0.2, 0) is 4.79 Å². The molecule has 5 nitrogen and oxygen atoms in total. The maximum Gasteiger partial charge on any atom is 0.246 e.